The summed E-state index contributed by atoms with van der Waals surface area (Å²) >= 11 is 3.56. The summed E-state index contributed by atoms with van der Waals surface area (Å²) in [4.78, 5) is 0. The van der Waals surface area contributed by atoms with Gasteiger partial charge in [0.2, 0.25) is 0 Å². The lowest BCUT2D eigenvalue weighted by Crippen LogP contribution is -2.16. The molecule has 0 aliphatic carbocycles. The van der Waals surface area contributed by atoms with E-state index < -0.39 is 0 Å². The molecule has 0 bridgehead atoms. The first-order chi connectivity index (χ1) is 50.6. The Hall–Kier alpha value is -13.3. The summed E-state index contributed by atoms with van der Waals surface area (Å²) in [7, 11) is 0. The molecule has 0 unspecified atom stereocenters. The standard InChI is InChI=1S/C94H52N6S2/c95-53-76-88(98-80-41-15-9-32-66(80)67-33-10-16-42-81(67)98)90(100-83-52-57(60-36-19-24-55-22-1-3-26-58(55)60)46-47-68(83)72-48-49-73-69-34-11-17-44-84(69)101-93(73)91(72)100)77(54-96)87(97-78-39-13-7-30-64(78)65-31-8-14-40-79(65)97)89(76)99-82-43-21-38-71(63-29-6-5-28-62(63)61-37-20-25-56-23-2-4-27-59(56)61)86(82)75-51-50-74-70-35-12-18-45-85(70)102-94(74)92(75)99/h1-52H. The van der Waals surface area contributed by atoms with Crippen LogP contribution in [-0.4, -0.2) is 18.3 Å². The molecule has 16 aromatic carbocycles. The summed E-state index contributed by atoms with van der Waals surface area (Å²) in [5.41, 5.74) is 17.0. The van der Waals surface area contributed by atoms with E-state index in [4.69, 9.17) is 0 Å². The van der Waals surface area contributed by atoms with E-state index in [1.807, 2.05) is 0 Å². The molecule has 0 fully saturated rings. The molecular weight excluding hydrogens is 1280 g/mol. The Morgan fingerprint density at radius 3 is 1.12 bits per heavy atom. The van der Waals surface area contributed by atoms with Gasteiger partial charge >= 0.3 is 0 Å². The molecular formula is C94H52N6S2. The van der Waals surface area contributed by atoms with Crippen LogP contribution in [0.3, 0.4) is 0 Å². The third-order valence-electron chi connectivity index (χ3n) is 21.6. The van der Waals surface area contributed by atoms with Gasteiger partial charge in [0.1, 0.15) is 23.3 Å². The first kappa shape index (κ1) is 56.7. The number of nitrogens with zero attached hydrogens (tertiary/aromatic N) is 6. The van der Waals surface area contributed by atoms with Crippen LogP contribution in [0.4, 0.5) is 0 Å². The number of fused-ring (bicyclic) bond motifs is 22. The van der Waals surface area contributed by atoms with Gasteiger partial charge in [0.25, 0.3) is 0 Å². The van der Waals surface area contributed by atoms with E-state index in [0.717, 1.165) is 172 Å². The summed E-state index contributed by atoms with van der Waals surface area (Å²) in [6, 6.07) is 120. The van der Waals surface area contributed by atoms with Crippen LogP contribution in [0.25, 0.3) is 205 Å². The number of para-hydroxylation sites is 4. The fraction of sp³-hybridized carbons (Fsp3) is 0. The molecule has 0 amide bonds. The number of hydrogen-bond donors (Lipinski definition) is 0. The molecule has 0 saturated heterocycles. The van der Waals surface area contributed by atoms with Gasteiger partial charge in [-0.3, -0.25) is 0 Å². The zero-order valence-electron chi connectivity index (χ0n) is 54.5. The molecule has 6 nitrogen and oxygen atoms in total. The number of benzene rings is 16. The van der Waals surface area contributed by atoms with Crippen molar-refractivity contribution in [2.45, 2.75) is 0 Å². The molecule has 8 heteroatoms. The molecule has 102 heavy (non-hydrogen) atoms. The van der Waals surface area contributed by atoms with Crippen molar-refractivity contribution in [2.75, 3.05) is 0 Å². The minimum atomic E-state index is 0.398. The Kier molecular flexibility index (Phi) is 12.0. The van der Waals surface area contributed by atoms with Crippen molar-refractivity contribution < 1.29 is 0 Å². The highest BCUT2D eigenvalue weighted by molar-refractivity contribution is 7.27. The average molecular weight is 1330 g/mol. The minimum Gasteiger partial charge on any atom is -0.306 e. The maximum absolute atomic E-state index is 13.6. The second kappa shape index (κ2) is 21.6. The molecule has 0 spiro atoms. The van der Waals surface area contributed by atoms with Crippen LogP contribution in [0.15, 0.2) is 315 Å². The van der Waals surface area contributed by atoms with Gasteiger partial charge in [-0.25, -0.2) is 0 Å². The van der Waals surface area contributed by atoms with E-state index in [0.29, 0.717) is 33.9 Å². The molecule has 0 atom stereocenters. The predicted octanol–water partition coefficient (Wildman–Crippen LogP) is 25.9. The quantitative estimate of drug-likeness (QED) is 0.160. The van der Waals surface area contributed by atoms with Crippen LogP contribution in [0.2, 0.25) is 0 Å². The van der Waals surface area contributed by atoms with Gasteiger partial charge in [-0.2, -0.15) is 10.5 Å². The van der Waals surface area contributed by atoms with Crippen molar-refractivity contribution in [2.24, 2.45) is 0 Å². The third-order valence-corrected chi connectivity index (χ3v) is 24.0. The van der Waals surface area contributed by atoms with E-state index in [9.17, 15) is 10.5 Å². The smallest absolute Gasteiger partial charge is 0.104 e. The molecule has 22 aromatic rings. The summed E-state index contributed by atoms with van der Waals surface area (Å²) in [6.45, 7) is 0. The Morgan fingerprint density at radius 2 is 0.578 bits per heavy atom. The van der Waals surface area contributed by atoms with Crippen LogP contribution in [0.1, 0.15) is 11.1 Å². The van der Waals surface area contributed by atoms with Crippen molar-refractivity contribution >= 4 is 172 Å². The SMILES string of the molecule is N#Cc1c(-n2c3ccccc3c3ccccc32)c(-n2c3cccc(-c4ccccc4-c4cccc5ccccc45)c3c3ccc4c5ccccc5sc4c32)c(C#N)c(-n2c3ccccc3c3ccccc32)c1-n1c2cc(-c3cccc4ccccc34)ccc2c2ccc3c4ccccc4sc3c21. The molecule has 0 radical (unpaired) electrons. The van der Waals surface area contributed by atoms with E-state index >= 15 is 0 Å². The highest BCUT2D eigenvalue weighted by Crippen LogP contribution is 2.54. The molecule has 0 N–H and O–H groups in total. The monoisotopic (exact) mass is 1330 g/mol. The summed E-state index contributed by atoms with van der Waals surface area (Å²) < 4.78 is 14.0. The maximum Gasteiger partial charge on any atom is 0.104 e. The van der Waals surface area contributed by atoms with Crippen LogP contribution in [0, 0.1) is 22.7 Å². The lowest BCUT2D eigenvalue weighted by Gasteiger charge is -2.27. The predicted molar refractivity (Wildman–Crippen MR) is 430 cm³/mol. The highest BCUT2D eigenvalue weighted by Gasteiger charge is 2.36. The zero-order chi connectivity index (χ0) is 67.0. The van der Waals surface area contributed by atoms with Crippen molar-refractivity contribution in [1.82, 2.24) is 18.3 Å². The van der Waals surface area contributed by atoms with Gasteiger partial charge in [0, 0.05) is 74.0 Å². The summed E-state index contributed by atoms with van der Waals surface area (Å²) in [5.74, 6) is 0. The maximum atomic E-state index is 13.6. The largest absolute Gasteiger partial charge is 0.306 e. The van der Waals surface area contributed by atoms with E-state index in [-0.39, 0.29) is 0 Å². The van der Waals surface area contributed by atoms with Gasteiger partial charge < -0.3 is 18.3 Å². The van der Waals surface area contributed by atoms with Gasteiger partial charge in [0.05, 0.1) is 76.3 Å². The highest BCUT2D eigenvalue weighted by atomic mass is 32.1. The number of aromatic nitrogens is 4. The summed E-state index contributed by atoms with van der Waals surface area (Å²) in [6.07, 6.45) is 0. The minimum absolute atomic E-state index is 0.398. The van der Waals surface area contributed by atoms with Gasteiger partial charge in [-0.15, -0.1) is 22.7 Å². The normalized spacial score (nSPS) is 12.1. The van der Waals surface area contributed by atoms with E-state index in [1.54, 1.807) is 22.7 Å². The van der Waals surface area contributed by atoms with Gasteiger partial charge in [-0.05, 0) is 103 Å². The summed E-state index contributed by atoms with van der Waals surface area (Å²) in [5, 5.41) is 44.7. The first-order valence-electron chi connectivity index (χ1n) is 34.4. The number of hydrogen-bond acceptors (Lipinski definition) is 4. The lowest BCUT2D eigenvalue weighted by atomic mass is 9.89. The third kappa shape index (κ3) is 7.74. The van der Waals surface area contributed by atoms with Crippen LogP contribution < -0.4 is 0 Å². The fourth-order valence-electron chi connectivity index (χ4n) is 17.5. The van der Waals surface area contributed by atoms with Crippen molar-refractivity contribution in [3.05, 3.63) is 327 Å². The van der Waals surface area contributed by atoms with Crippen LogP contribution >= 0.6 is 22.7 Å². The molecule has 6 heterocycles. The Morgan fingerprint density at radius 1 is 0.235 bits per heavy atom. The number of rotatable bonds is 7. The molecule has 6 aromatic heterocycles. The average Bonchev–Trinajstić information content (AvgIpc) is 1.49. The Balaban J connectivity index is 1.01. The van der Waals surface area contributed by atoms with Crippen molar-refractivity contribution in [1.29, 1.82) is 10.5 Å². The topological polar surface area (TPSA) is 67.3 Å². The van der Waals surface area contributed by atoms with Crippen LogP contribution in [0.5, 0.6) is 0 Å². The second-order valence-corrected chi connectivity index (χ2v) is 28.8. The first-order valence-corrected chi connectivity index (χ1v) is 36.1. The Labute approximate surface area is 591 Å². The Bertz CT molecular complexity index is 7440. The molecule has 0 saturated carbocycles. The van der Waals surface area contributed by atoms with E-state index in [2.05, 4.69) is 346 Å². The van der Waals surface area contributed by atoms with Crippen molar-refractivity contribution in [3.63, 3.8) is 0 Å². The number of thiophene rings is 2. The van der Waals surface area contributed by atoms with Crippen LogP contribution in [-0.2, 0) is 0 Å². The molecule has 0 aliphatic rings. The second-order valence-electron chi connectivity index (χ2n) is 26.7. The van der Waals surface area contributed by atoms with Crippen molar-refractivity contribution in [3.8, 4) is 68.3 Å². The van der Waals surface area contributed by atoms with E-state index in [1.165, 1.54) is 10.8 Å². The fourth-order valence-corrected chi connectivity index (χ4v) is 19.9. The molecule has 0 aliphatic heterocycles. The number of nitriles is 2. The molecule has 22 rings (SSSR count). The molecule has 470 valence electrons. The zero-order valence-corrected chi connectivity index (χ0v) is 56.2. The van der Waals surface area contributed by atoms with Gasteiger partial charge in [-0.1, -0.05) is 267 Å². The lowest BCUT2D eigenvalue weighted by molar-refractivity contribution is 1.03. The van der Waals surface area contributed by atoms with Gasteiger partial charge in [0.15, 0.2) is 0 Å².